The monoisotopic (exact) mass is 348 g/mol. The highest BCUT2D eigenvalue weighted by Gasteiger charge is 2.29. The third-order valence-electron chi connectivity index (χ3n) is 4.67. The van der Waals surface area contributed by atoms with Crippen LogP contribution >= 0.6 is 0 Å². The van der Waals surface area contributed by atoms with Gasteiger partial charge >= 0.3 is 5.69 Å². The molecule has 0 bridgehead atoms. The molecule has 0 radical (unpaired) electrons. The van der Waals surface area contributed by atoms with Gasteiger partial charge in [-0.3, -0.25) is 4.57 Å². The minimum Gasteiger partial charge on any atom is -0.278 e. The van der Waals surface area contributed by atoms with Crippen LogP contribution in [0.3, 0.4) is 0 Å². The number of aromatic nitrogens is 3. The number of hydrogen-bond acceptors (Lipinski definition) is 4. The highest BCUT2D eigenvalue weighted by Crippen LogP contribution is 2.29. The zero-order chi connectivity index (χ0) is 16.7. The van der Waals surface area contributed by atoms with E-state index >= 15 is 0 Å². The smallest absolute Gasteiger partial charge is 0.278 e. The molecular weight excluding hydrogens is 328 g/mol. The normalized spacial score (nSPS) is 19.0. The molecule has 2 aliphatic rings. The quantitative estimate of drug-likeness (QED) is 0.815. The van der Waals surface area contributed by atoms with Crippen LogP contribution in [0.4, 0.5) is 0 Å². The maximum Gasteiger partial charge on any atom is 0.345 e. The first-order chi connectivity index (χ1) is 11.6. The van der Waals surface area contributed by atoms with Crippen molar-refractivity contribution >= 4 is 10.0 Å². The molecule has 0 amide bonds. The van der Waals surface area contributed by atoms with Crippen molar-refractivity contribution in [1.82, 2.24) is 18.7 Å². The van der Waals surface area contributed by atoms with Crippen LogP contribution in [0, 0.1) is 5.92 Å². The molecule has 128 valence electrons. The minimum atomic E-state index is -3.53. The molecule has 0 saturated heterocycles. The van der Waals surface area contributed by atoms with Crippen molar-refractivity contribution < 1.29 is 8.42 Å². The average molecular weight is 348 g/mol. The molecule has 24 heavy (non-hydrogen) atoms. The van der Waals surface area contributed by atoms with E-state index in [-0.39, 0.29) is 10.6 Å². The maximum atomic E-state index is 12.7. The Morgan fingerprint density at radius 2 is 1.83 bits per heavy atom. The van der Waals surface area contributed by atoms with Gasteiger partial charge in [0, 0.05) is 32.6 Å². The van der Waals surface area contributed by atoms with E-state index < -0.39 is 10.0 Å². The van der Waals surface area contributed by atoms with Gasteiger partial charge in [-0.2, -0.15) is 9.40 Å². The Bertz CT molecular complexity index is 897. The molecule has 1 aliphatic heterocycles. The lowest BCUT2D eigenvalue weighted by atomic mass is 10.4. The van der Waals surface area contributed by atoms with Crippen molar-refractivity contribution in [2.24, 2.45) is 5.92 Å². The molecule has 0 atom stereocenters. The summed E-state index contributed by atoms with van der Waals surface area (Å²) in [5.74, 6) is 1.27. The fourth-order valence-electron chi connectivity index (χ4n) is 3.09. The van der Waals surface area contributed by atoms with Gasteiger partial charge in [-0.1, -0.05) is 18.2 Å². The molecule has 1 aliphatic carbocycles. The van der Waals surface area contributed by atoms with E-state index in [9.17, 15) is 13.2 Å². The van der Waals surface area contributed by atoms with Gasteiger partial charge in [0.2, 0.25) is 10.0 Å². The summed E-state index contributed by atoms with van der Waals surface area (Å²) < 4.78 is 30.1. The summed E-state index contributed by atoms with van der Waals surface area (Å²) in [5, 5.41) is 4.43. The number of sulfonamides is 1. The molecule has 7 nitrogen and oxygen atoms in total. The second-order valence-electron chi connectivity index (χ2n) is 6.44. The Kier molecular flexibility index (Phi) is 3.80. The zero-order valence-electron chi connectivity index (χ0n) is 13.3. The van der Waals surface area contributed by atoms with Crippen molar-refractivity contribution in [3.63, 3.8) is 0 Å². The number of nitrogens with zero attached hydrogens (tertiary/aromatic N) is 4. The fourth-order valence-corrected chi connectivity index (χ4v) is 4.54. The van der Waals surface area contributed by atoms with Gasteiger partial charge in [-0.05, 0) is 30.9 Å². The Hall–Kier alpha value is -1.93. The molecule has 0 spiro atoms. The van der Waals surface area contributed by atoms with Gasteiger partial charge in [-0.25, -0.2) is 17.9 Å². The van der Waals surface area contributed by atoms with E-state index in [2.05, 4.69) is 5.10 Å². The summed E-state index contributed by atoms with van der Waals surface area (Å²) in [6.07, 6.45) is 2.79. The van der Waals surface area contributed by atoms with Crippen molar-refractivity contribution in [3.8, 4) is 0 Å². The van der Waals surface area contributed by atoms with Crippen molar-refractivity contribution in [2.45, 2.75) is 37.2 Å². The number of rotatable bonds is 4. The van der Waals surface area contributed by atoms with Crippen LogP contribution in [0.1, 0.15) is 18.7 Å². The second-order valence-corrected chi connectivity index (χ2v) is 8.38. The van der Waals surface area contributed by atoms with Gasteiger partial charge < -0.3 is 0 Å². The molecule has 1 saturated carbocycles. The highest BCUT2D eigenvalue weighted by atomic mass is 32.2. The van der Waals surface area contributed by atoms with Crippen LogP contribution in [-0.4, -0.2) is 40.2 Å². The summed E-state index contributed by atoms with van der Waals surface area (Å²) in [7, 11) is -3.53. The van der Waals surface area contributed by atoms with E-state index in [0.717, 1.165) is 12.8 Å². The maximum absolute atomic E-state index is 12.7. The summed E-state index contributed by atoms with van der Waals surface area (Å²) in [5.41, 5.74) is -0.115. The van der Waals surface area contributed by atoms with Crippen LogP contribution in [0.25, 0.3) is 0 Å². The first kappa shape index (κ1) is 15.6. The topological polar surface area (TPSA) is 77.2 Å². The van der Waals surface area contributed by atoms with E-state index in [1.54, 1.807) is 39.6 Å². The Morgan fingerprint density at radius 1 is 1.08 bits per heavy atom. The largest absolute Gasteiger partial charge is 0.345 e. The number of hydrogen-bond donors (Lipinski definition) is 0. The molecule has 1 aromatic heterocycles. The SMILES string of the molecule is O=c1n(CC2CC2)nc2n1CCN(S(=O)(=O)c1ccccc1)CC2. The van der Waals surface area contributed by atoms with Crippen LogP contribution in [0.2, 0.25) is 0 Å². The van der Waals surface area contributed by atoms with Crippen molar-refractivity contribution in [3.05, 3.63) is 46.6 Å². The van der Waals surface area contributed by atoms with E-state index in [4.69, 9.17) is 0 Å². The van der Waals surface area contributed by atoms with Gasteiger partial charge in [0.05, 0.1) is 4.90 Å². The molecule has 0 unspecified atom stereocenters. The van der Waals surface area contributed by atoms with Crippen LogP contribution < -0.4 is 5.69 Å². The molecule has 1 fully saturated rings. The second kappa shape index (κ2) is 5.86. The molecule has 1 aromatic carbocycles. The van der Waals surface area contributed by atoms with Gasteiger partial charge in [0.25, 0.3) is 0 Å². The van der Waals surface area contributed by atoms with Gasteiger partial charge in [0.15, 0.2) is 0 Å². The van der Waals surface area contributed by atoms with Crippen molar-refractivity contribution in [1.29, 1.82) is 0 Å². The van der Waals surface area contributed by atoms with Crippen LogP contribution in [0.15, 0.2) is 40.0 Å². The number of fused-ring (bicyclic) bond motifs is 1. The van der Waals surface area contributed by atoms with Crippen molar-refractivity contribution in [2.75, 3.05) is 13.1 Å². The molecule has 0 N–H and O–H groups in total. The predicted molar refractivity (Wildman–Crippen MR) is 88.1 cm³/mol. The molecule has 4 rings (SSSR count). The predicted octanol–water partition coefficient (Wildman–Crippen LogP) is 0.702. The van der Waals surface area contributed by atoms with E-state index in [1.165, 1.54) is 4.31 Å². The van der Waals surface area contributed by atoms with Crippen LogP contribution in [0.5, 0.6) is 0 Å². The lowest BCUT2D eigenvalue weighted by molar-refractivity contribution is 0.408. The Labute approximate surface area is 140 Å². The summed E-state index contributed by atoms with van der Waals surface area (Å²) in [4.78, 5) is 12.7. The Morgan fingerprint density at radius 3 is 2.54 bits per heavy atom. The summed E-state index contributed by atoms with van der Waals surface area (Å²) in [6, 6.07) is 8.42. The highest BCUT2D eigenvalue weighted by molar-refractivity contribution is 7.89. The first-order valence-electron chi connectivity index (χ1n) is 8.27. The van der Waals surface area contributed by atoms with Gasteiger partial charge in [-0.15, -0.1) is 0 Å². The molecule has 2 aromatic rings. The Balaban J connectivity index is 1.56. The lowest BCUT2D eigenvalue weighted by Crippen LogP contribution is -2.35. The first-order valence-corrected chi connectivity index (χ1v) is 9.71. The molecule has 8 heteroatoms. The summed E-state index contributed by atoms with van der Waals surface area (Å²) in [6.45, 7) is 1.67. The summed E-state index contributed by atoms with van der Waals surface area (Å²) >= 11 is 0. The third kappa shape index (κ3) is 2.80. The molecule has 2 heterocycles. The fraction of sp³-hybridized carbons (Fsp3) is 0.500. The van der Waals surface area contributed by atoms with E-state index in [1.807, 2.05) is 0 Å². The standard InChI is InChI=1S/C16H20N4O3S/c21-16-19-11-10-18(24(22,23)14-4-2-1-3-5-14)9-8-15(19)17-20(16)12-13-6-7-13/h1-5,13H,6-12H2. The third-order valence-corrected chi connectivity index (χ3v) is 6.58. The molecular formula is C16H20N4O3S. The minimum absolute atomic E-state index is 0.115. The number of benzene rings is 1. The van der Waals surface area contributed by atoms with Gasteiger partial charge in [0.1, 0.15) is 5.82 Å². The zero-order valence-corrected chi connectivity index (χ0v) is 14.2. The lowest BCUT2D eigenvalue weighted by Gasteiger charge is -2.19. The van der Waals surface area contributed by atoms with Crippen LogP contribution in [-0.2, 0) is 29.5 Å². The van der Waals surface area contributed by atoms with E-state index in [0.29, 0.717) is 44.3 Å². The average Bonchev–Trinajstić information content (AvgIpc) is 3.37.